The van der Waals surface area contributed by atoms with Gasteiger partial charge >= 0.3 is 0 Å². The van der Waals surface area contributed by atoms with Gasteiger partial charge in [0.15, 0.2) is 0 Å². The Bertz CT molecular complexity index is 649. The zero-order valence-electron chi connectivity index (χ0n) is 11.7. The summed E-state index contributed by atoms with van der Waals surface area (Å²) in [6.45, 7) is 4.30. The molecule has 1 amide bonds. The summed E-state index contributed by atoms with van der Waals surface area (Å²) < 4.78 is 1.98. The molecule has 1 aromatic heterocycles. The van der Waals surface area contributed by atoms with Crippen LogP contribution in [-0.2, 0) is 17.2 Å². The lowest BCUT2D eigenvalue weighted by atomic mass is 9.92. The number of benzene rings is 1. The summed E-state index contributed by atoms with van der Waals surface area (Å²) in [4.78, 5) is 16.4. The van der Waals surface area contributed by atoms with Crippen molar-refractivity contribution in [2.45, 2.75) is 26.3 Å². The second-order valence-corrected chi connectivity index (χ2v) is 6.05. The Morgan fingerprint density at radius 3 is 2.75 bits per heavy atom. The molecule has 20 heavy (non-hydrogen) atoms. The molecule has 1 N–H and O–H groups in total. The maximum absolute atomic E-state index is 12.0. The molecule has 2 rings (SSSR count). The highest BCUT2D eigenvalue weighted by Crippen LogP contribution is 2.26. The zero-order valence-corrected chi connectivity index (χ0v) is 13.2. The van der Waals surface area contributed by atoms with Gasteiger partial charge in [-0.05, 0) is 32.0 Å². The molecule has 1 heterocycles. The van der Waals surface area contributed by atoms with Gasteiger partial charge in [-0.3, -0.25) is 4.79 Å². The average molecular weight is 314 g/mol. The van der Waals surface area contributed by atoms with E-state index in [1.165, 1.54) is 0 Å². The molecule has 0 spiro atoms. The second kappa shape index (κ2) is 5.62. The van der Waals surface area contributed by atoms with Gasteiger partial charge in [0.05, 0.1) is 22.3 Å². The van der Waals surface area contributed by atoms with Crippen molar-refractivity contribution >= 4 is 40.1 Å². The molecule has 0 bridgehead atoms. The fraction of sp³-hybridized carbons (Fsp3) is 0.429. The van der Waals surface area contributed by atoms with Crippen molar-refractivity contribution in [2.24, 2.45) is 5.41 Å². The van der Waals surface area contributed by atoms with Crippen LogP contribution < -0.4 is 5.32 Å². The van der Waals surface area contributed by atoms with Crippen LogP contribution in [0, 0.1) is 5.41 Å². The first-order valence-corrected chi connectivity index (χ1v) is 7.23. The Morgan fingerprint density at radius 1 is 1.45 bits per heavy atom. The van der Waals surface area contributed by atoms with Crippen LogP contribution in [0.2, 0.25) is 5.02 Å². The van der Waals surface area contributed by atoms with Crippen LogP contribution >= 0.6 is 23.2 Å². The molecule has 0 fully saturated rings. The normalized spacial score (nSPS) is 11.8. The molecule has 1 aromatic carbocycles. The van der Waals surface area contributed by atoms with Crippen LogP contribution in [0.25, 0.3) is 11.0 Å². The summed E-state index contributed by atoms with van der Waals surface area (Å²) in [5.41, 5.74) is 1.17. The number of nitrogens with zero attached hydrogens (tertiary/aromatic N) is 2. The van der Waals surface area contributed by atoms with E-state index in [0.717, 1.165) is 16.9 Å². The molecular formula is C14H17Cl2N3O. The van der Waals surface area contributed by atoms with Gasteiger partial charge in [-0.15, -0.1) is 11.6 Å². The summed E-state index contributed by atoms with van der Waals surface area (Å²) in [6.07, 6.45) is 0. The number of fused-ring (bicyclic) bond motifs is 1. The lowest BCUT2D eigenvalue weighted by molar-refractivity contribution is -0.129. The predicted molar refractivity (Wildman–Crippen MR) is 82.1 cm³/mol. The summed E-state index contributed by atoms with van der Waals surface area (Å²) in [6, 6.07) is 5.52. The Hall–Kier alpha value is -1.26. The third-order valence-electron chi connectivity index (χ3n) is 3.30. The topological polar surface area (TPSA) is 46.9 Å². The number of imidazole rings is 1. The van der Waals surface area contributed by atoms with E-state index in [0.29, 0.717) is 11.6 Å². The lowest BCUT2D eigenvalue weighted by Crippen LogP contribution is -2.38. The highest BCUT2D eigenvalue weighted by atomic mass is 35.5. The van der Waals surface area contributed by atoms with Crippen molar-refractivity contribution in [2.75, 3.05) is 7.05 Å². The van der Waals surface area contributed by atoms with E-state index in [1.807, 2.05) is 30.5 Å². The summed E-state index contributed by atoms with van der Waals surface area (Å²) >= 11 is 12.0. The number of hydrogen-bond donors (Lipinski definition) is 1. The van der Waals surface area contributed by atoms with Gasteiger partial charge in [-0.2, -0.15) is 0 Å². The van der Waals surface area contributed by atoms with Gasteiger partial charge in [0, 0.05) is 18.6 Å². The minimum atomic E-state index is -0.553. The first-order chi connectivity index (χ1) is 9.39. The van der Waals surface area contributed by atoms with E-state index >= 15 is 0 Å². The van der Waals surface area contributed by atoms with Crippen LogP contribution in [-0.4, -0.2) is 22.5 Å². The van der Waals surface area contributed by atoms with E-state index in [9.17, 15) is 4.79 Å². The lowest BCUT2D eigenvalue weighted by Gasteiger charge is -2.24. The Kier molecular flexibility index (Phi) is 4.25. The number of halogens is 2. The fourth-order valence-electron chi connectivity index (χ4n) is 2.24. The van der Waals surface area contributed by atoms with E-state index in [2.05, 4.69) is 10.3 Å². The van der Waals surface area contributed by atoms with Crippen molar-refractivity contribution in [3.63, 3.8) is 0 Å². The fourth-order valence-corrected chi connectivity index (χ4v) is 2.61. The number of carbonyl (C=O) groups excluding carboxylic acids is 1. The molecule has 0 radical (unpaired) electrons. The van der Waals surface area contributed by atoms with E-state index < -0.39 is 5.41 Å². The summed E-state index contributed by atoms with van der Waals surface area (Å²) in [5, 5.41) is 3.32. The molecule has 108 valence electrons. The van der Waals surface area contributed by atoms with Gasteiger partial charge < -0.3 is 9.88 Å². The van der Waals surface area contributed by atoms with Gasteiger partial charge in [0.1, 0.15) is 5.82 Å². The number of rotatable bonds is 4. The SMILES string of the molecule is CNC(=O)C(C)(C)Cn1c(CCl)nc2cc(Cl)ccc21. The number of aromatic nitrogens is 2. The second-order valence-electron chi connectivity index (χ2n) is 5.34. The van der Waals surface area contributed by atoms with Crippen molar-refractivity contribution in [1.29, 1.82) is 0 Å². The standard InChI is InChI=1S/C14H17Cl2N3O/c1-14(2,13(20)17-3)8-19-11-5-4-9(16)6-10(11)18-12(19)7-15/h4-6H,7-8H2,1-3H3,(H,17,20). The molecule has 2 aromatic rings. The van der Waals surface area contributed by atoms with Crippen LogP contribution in [0.4, 0.5) is 0 Å². The average Bonchev–Trinajstić information content (AvgIpc) is 2.74. The molecule has 0 atom stereocenters. The van der Waals surface area contributed by atoms with Crippen LogP contribution in [0.1, 0.15) is 19.7 Å². The number of amides is 1. The molecule has 0 unspecified atom stereocenters. The van der Waals surface area contributed by atoms with Gasteiger partial charge in [0.25, 0.3) is 0 Å². The third kappa shape index (κ3) is 2.76. The summed E-state index contributed by atoms with van der Waals surface area (Å²) in [5.74, 6) is 1.01. The van der Waals surface area contributed by atoms with Crippen molar-refractivity contribution < 1.29 is 4.79 Å². The van der Waals surface area contributed by atoms with E-state index in [1.54, 1.807) is 13.1 Å². The highest BCUT2D eigenvalue weighted by molar-refractivity contribution is 6.31. The van der Waals surface area contributed by atoms with E-state index in [4.69, 9.17) is 23.2 Å². The first kappa shape index (κ1) is 15.1. The Morgan fingerprint density at radius 2 is 2.15 bits per heavy atom. The molecular weight excluding hydrogens is 297 g/mol. The van der Waals surface area contributed by atoms with Crippen LogP contribution in [0.3, 0.4) is 0 Å². The van der Waals surface area contributed by atoms with Gasteiger partial charge in [0.2, 0.25) is 5.91 Å². The molecule has 0 aliphatic rings. The van der Waals surface area contributed by atoms with Crippen molar-refractivity contribution in [3.05, 3.63) is 29.0 Å². The molecule has 0 saturated heterocycles. The number of alkyl halides is 1. The quantitative estimate of drug-likeness (QED) is 0.881. The van der Waals surface area contributed by atoms with Crippen molar-refractivity contribution in [3.8, 4) is 0 Å². The van der Waals surface area contributed by atoms with Crippen LogP contribution in [0.5, 0.6) is 0 Å². The Balaban J connectivity index is 2.50. The van der Waals surface area contributed by atoms with Crippen LogP contribution in [0.15, 0.2) is 18.2 Å². The molecule has 4 nitrogen and oxygen atoms in total. The maximum Gasteiger partial charge on any atom is 0.227 e. The molecule has 0 aliphatic carbocycles. The maximum atomic E-state index is 12.0. The number of hydrogen-bond acceptors (Lipinski definition) is 2. The number of carbonyl (C=O) groups is 1. The molecule has 0 saturated carbocycles. The monoisotopic (exact) mass is 313 g/mol. The van der Waals surface area contributed by atoms with Gasteiger partial charge in [-0.1, -0.05) is 11.6 Å². The van der Waals surface area contributed by atoms with Crippen molar-refractivity contribution in [1.82, 2.24) is 14.9 Å². The minimum Gasteiger partial charge on any atom is -0.359 e. The minimum absolute atomic E-state index is 0.0196. The third-order valence-corrected chi connectivity index (χ3v) is 3.78. The summed E-state index contributed by atoms with van der Waals surface area (Å²) in [7, 11) is 1.64. The first-order valence-electron chi connectivity index (χ1n) is 6.32. The molecule has 6 heteroatoms. The Labute approximate surface area is 128 Å². The number of nitrogens with one attached hydrogen (secondary N) is 1. The largest absolute Gasteiger partial charge is 0.359 e. The van der Waals surface area contributed by atoms with Gasteiger partial charge in [-0.25, -0.2) is 4.98 Å². The predicted octanol–water partition coefficient (Wildman–Crippen LogP) is 3.20. The highest BCUT2D eigenvalue weighted by Gasteiger charge is 2.28. The zero-order chi connectivity index (χ0) is 14.9. The molecule has 0 aliphatic heterocycles. The van der Waals surface area contributed by atoms with E-state index in [-0.39, 0.29) is 11.8 Å². The smallest absolute Gasteiger partial charge is 0.227 e.